The highest BCUT2D eigenvalue weighted by atomic mass is 16.6. The molecule has 6 nitrogen and oxygen atoms in total. The molecular formula is C18H26N2O4. The molecule has 1 aromatic carbocycles. The van der Waals surface area contributed by atoms with Crippen LogP contribution in [0.25, 0.3) is 0 Å². The Hall–Kier alpha value is -2.08. The van der Waals surface area contributed by atoms with Crippen molar-refractivity contribution in [1.82, 2.24) is 10.2 Å². The van der Waals surface area contributed by atoms with Crippen LogP contribution in [-0.4, -0.2) is 46.8 Å². The van der Waals surface area contributed by atoms with Crippen LogP contribution < -0.4 is 5.32 Å². The van der Waals surface area contributed by atoms with E-state index >= 15 is 0 Å². The van der Waals surface area contributed by atoms with Crippen molar-refractivity contribution in [3.05, 3.63) is 35.9 Å². The van der Waals surface area contributed by atoms with Gasteiger partial charge < -0.3 is 15.2 Å². The maximum atomic E-state index is 12.0. The average Bonchev–Trinajstić information content (AvgIpc) is 2.78. The largest absolute Gasteiger partial charge is 0.481 e. The van der Waals surface area contributed by atoms with E-state index in [1.54, 1.807) is 20.8 Å². The number of nitrogens with zero attached hydrogens (tertiary/aromatic N) is 1. The normalized spacial score (nSPS) is 21.5. The van der Waals surface area contributed by atoms with Crippen LogP contribution >= 0.6 is 0 Å². The minimum Gasteiger partial charge on any atom is -0.481 e. The summed E-state index contributed by atoms with van der Waals surface area (Å²) >= 11 is 0. The van der Waals surface area contributed by atoms with Crippen molar-refractivity contribution in [1.29, 1.82) is 0 Å². The van der Waals surface area contributed by atoms with Gasteiger partial charge in [0.1, 0.15) is 5.60 Å². The highest BCUT2D eigenvalue weighted by Gasteiger charge is 2.35. The van der Waals surface area contributed by atoms with E-state index in [1.807, 2.05) is 30.3 Å². The second-order valence-corrected chi connectivity index (χ2v) is 7.29. The first-order valence-electron chi connectivity index (χ1n) is 8.20. The Bertz CT molecular complexity index is 568. The SMILES string of the molecule is CC(C)(C)OC(=O)N[C@H]1CN(Cc2ccccc2)C[C@H]1CC(=O)O. The lowest BCUT2D eigenvalue weighted by Crippen LogP contribution is -2.43. The van der Waals surface area contributed by atoms with Crippen LogP contribution in [0.5, 0.6) is 0 Å². The van der Waals surface area contributed by atoms with Gasteiger partial charge in [0.05, 0.1) is 6.42 Å². The highest BCUT2D eigenvalue weighted by Crippen LogP contribution is 2.23. The van der Waals surface area contributed by atoms with Gasteiger partial charge >= 0.3 is 12.1 Å². The Morgan fingerprint density at radius 2 is 1.92 bits per heavy atom. The fraction of sp³-hybridized carbons (Fsp3) is 0.556. The summed E-state index contributed by atoms with van der Waals surface area (Å²) in [6.45, 7) is 7.41. The number of carbonyl (C=O) groups is 2. The van der Waals surface area contributed by atoms with E-state index in [2.05, 4.69) is 10.2 Å². The van der Waals surface area contributed by atoms with Gasteiger partial charge in [-0.05, 0) is 26.3 Å². The fourth-order valence-electron chi connectivity index (χ4n) is 2.98. The number of likely N-dealkylation sites (tertiary alicyclic amines) is 1. The summed E-state index contributed by atoms with van der Waals surface area (Å²) in [6, 6.07) is 9.79. The van der Waals surface area contributed by atoms with Gasteiger partial charge in [0.25, 0.3) is 0 Å². The summed E-state index contributed by atoms with van der Waals surface area (Å²) in [5.74, 6) is -0.976. The van der Waals surface area contributed by atoms with Crippen molar-refractivity contribution in [2.24, 2.45) is 5.92 Å². The molecule has 1 fully saturated rings. The van der Waals surface area contributed by atoms with Crippen LogP contribution in [0.3, 0.4) is 0 Å². The number of amides is 1. The minimum atomic E-state index is -0.849. The number of nitrogens with one attached hydrogen (secondary N) is 1. The molecule has 1 aliphatic rings. The minimum absolute atomic E-state index is 0.0335. The van der Waals surface area contributed by atoms with Gasteiger partial charge in [0.15, 0.2) is 0 Å². The molecule has 2 rings (SSSR count). The van der Waals surface area contributed by atoms with Gasteiger partial charge in [-0.25, -0.2) is 4.79 Å². The van der Waals surface area contributed by atoms with E-state index in [4.69, 9.17) is 9.84 Å². The van der Waals surface area contributed by atoms with E-state index in [1.165, 1.54) is 5.56 Å². The molecule has 1 amide bonds. The zero-order chi connectivity index (χ0) is 17.7. The summed E-state index contributed by atoms with van der Waals surface area (Å²) in [4.78, 5) is 25.3. The Labute approximate surface area is 142 Å². The van der Waals surface area contributed by atoms with E-state index in [0.29, 0.717) is 13.1 Å². The fourth-order valence-corrected chi connectivity index (χ4v) is 2.98. The predicted molar refractivity (Wildman–Crippen MR) is 90.6 cm³/mol. The van der Waals surface area contributed by atoms with Gasteiger partial charge in [0, 0.05) is 31.6 Å². The molecular weight excluding hydrogens is 308 g/mol. The molecule has 0 saturated carbocycles. The second kappa shape index (κ2) is 7.66. The van der Waals surface area contributed by atoms with E-state index in [9.17, 15) is 9.59 Å². The van der Waals surface area contributed by atoms with E-state index < -0.39 is 17.7 Å². The van der Waals surface area contributed by atoms with E-state index in [-0.39, 0.29) is 18.4 Å². The van der Waals surface area contributed by atoms with Gasteiger partial charge in [0.2, 0.25) is 0 Å². The third kappa shape index (κ3) is 5.85. The Morgan fingerprint density at radius 1 is 1.25 bits per heavy atom. The summed E-state index contributed by atoms with van der Waals surface area (Å²) in [7, 11) is 0. The number of alkyl carbamates (subject to hydrolysis) is 1. The molecule has 1 aliphatic heterocycles. The number of benzene rings is 1. The van der Waals surface area contributed by atoms with Gasteiger partial charge in [-0.2, -0.15) is 0 Å². The molecule has 0 radical (unpaired) electrons. The standard InChI is InChI=1S/C18H26N2O4/c1-18(2,3)24-17(23)19-15-12-20(11-14(15)9-16(21)22)10-13-7-5-4-6-8-13/h4-8,14-15H,9-12H2,1-3H3,(H,19,23)(H,21,22)/t14-,15+/m1/s1. The first kappa shape index (κ1) is 18.3. The van der Waals surface area contributed by atoms with E-state index in [0.717, 1.165) is 6.54 Å². The smallest absolute Gasteiger partial charge is 0.407 e. The molecule has 2 N–H and O–H groups in total. The molecule has 1 heterocycles. The van der Waals surface area contributed by atoms with Crippen LogP contribution in [0.1, 0.15) is 32.8 Å². The van der Waals surface area contributed by atoms with Gasteiger partial charge in [-0.15, -0.1) is 0 Å². The molecule has 132 valence electrons. The second-order valence-electron chi connectivity index (χ2n) is 7.29. The van der Waals surface area contributed by atoms with Crippen molar-refractivity contribution in [2.75, 3.05) is 13.1 Å². The summed E-state index contributed by atoms with van der Waals surface area (Å²) < 4.78 is 5.29. The molecule has 0 aliphatic carbocycles. The van der Waals surface area contributed by atoms with Crippen molar-refractivity contribution < 1.29 is 19.4 Å². The van der Waals surface area contributed by atoms with Crippen LogP contribution in [-0.2, 0) is 16.1 Å². The number of carboxylic acids is 1. The Kier molecular flexibility index (Phi) is 5.83. The predicted octanol–water partition coefficient (Wildman–Crippen LogP) is 2.49. The molecule has 6 heteroatoms. The van der Waals surface area contributed by atoms with Gasteiger partial charge in [-0.3, -0.25) is 9.69 Å². The topological polar surface area (TPSA) is 78.9 Å². The first-order chi connectivity index (χ1) is 11.2. The molecule has 0 unspecified atom stereocenters. The van der Waals surface area contributed by atoms with Crippen molar-refractivity contribution in [2.45, 2.75) is 45.4 Å². The first-order valence-corrected chi connectivity index (χ1v) is 8.20. The number of rotatable bonds is 5. The molecule has 0 bridgehead atoms. The molecule has 1 saturated heterocycles. The number of hydrogen-bond acceptors (Lipinski definition) is 4. The highest BCUT2D eigenvalue weighted by molar-refractivity contribution is 5.69. The van der Waals surface area contributed by atoms with Crippen molar-refractivity contribution >= 4 is 12.1 Å². The summed E-state index contributed by atoms with van der Waals surface area (Å²) in [5, 5.41) is 12.0. The van der Waals surface area contributed by atoms with Crippen molar-refractivity contribution in [3.8, 4) is 0 Å². The zero-order valence-corrected chi connectivity index (χ0v) is 14.5. The quantitative estimate of drug-likeness (QED) is 0.865. The number of carbonyl (C=O) groups excluding carboxylic acids is 1. The number of ether oxygens (including phenoxy) is 1. The lowest BCUT2D eigenvalue weighted by molar-refractivity contribution is -0.138. The maximum Gasteiger partial charge on any atom is 0.407 e. The van der Waals surface area contributed by atoms with Gasteiger partial charge in [-0.1, -0.05) is 30.3 Å². The Morgan fingerprint density at radius 3 is 2.50 bits per heavy atom. The third-order valence-corrected chi connectivity index (χ3v) is 3.90. The van der Waals surface area contributed by atoms with Crippen LogP contribution in [0.2, 0.25) is 0 Å². The molecule has 24 heavy (non-hydrogen) atoms. The monoisotopic (exact) mass is 334 g/mol. The number of hydrogen-bond donors (Lipinski definition) is 2. The third-order valence-electron chi connectivity index (χ3n) is 3.90. The maximum absolute atomic E-state index is 12.0. The van der Waals surface area contributed by atoms with Crippen LogP contribution in [0, 0.1) is 5.92 Å². The molecule has 0 aromatic heterocycles. The zero-order valence-electron chi connectivity index (χ0n) is 14.5. The number of carboxylic acid groups (broad SMARTS) is 1. The molecule has 0 spiro atoms. The lowest BCUT2D eigenvalue weighted by atomic mass is 10.0. The molecule has 2 atom stereocenters. The summed E-state index contributed by atoms with van der Waals surface area (Å²) in [6.07, 6.45) is -0.462. The average molecular weight is 334 g/mol. The van der Waals surface area contributed by atoms with Crippen LogP contribution in [0.15, 0.2) is 30.3 Å². The summed E-state index contributed by atoms with van der Waals surface area (Å²) in [5.41, 5.74) is 0.596. The van der Waals surface area contributed by atoms with Crippen LogP contribution in [0.4, 0.5) is 4.79 Å². The lowest BCUT2D eigenvalue weighted by Gasteiger charge is -2.23. The molecule has 1 aromatic rings. The van der Waals surface area contributed by atoms with Crippen molar-refractivity contribution in [3.63, 3.8) is 0 Å². The number of aliphatic carboxylic acids is 1. The Balaban J connectivity index is 1.98.